The lowest BCUT2D eigenvalue weighted by Crippen LogP contribution is -2.29. The molecule has 0 atom stereocenters. The standard InChI is InChI=1S/C16H14ClN5O3S/c1-25-9-14-19-20-16(26-14)18-13(23)8-22-15(24)7-6-12(21-22)10-4-2-3-5-11(10)17/h2-7H,8-9H2,1H3,(H,18,20,23). The number of methoxy groups -OCH3 is 1. The molecule has 10 heteroatoms. The Morgan fingerprint density at radius 3 is 2.85 bits per heavy atom. The predicted octanol–water partition coefficient (Wildman–Crippen LogP) is 2.20. The van der Waals surface area contributed by atoms with Gasteiger partial charge in [0.25, 0.3) is 5.56 Å². The minimum absolute atomic E-state index is 0.254. The van der Waals surface area contributed by atoms with Crippen LogP contribution in [0.3, 0.4) is 0 Å². The topological polar surface area (TPSA) is 99.0 Å². The van der Waals surface area contributed by atoms with E-state index in [-0.39, 0.29) is 6.54 Å². The molecule has 0 fully saturated rings. The molecule has 0 radical (unpaired) electrons. The first-order valence-electron chi connectivity index (χ1n) is 7.51. The van der Waals surface area contributed by atoms with E-state index in [0.29, 0.717) is 33.0 Å². The molecule has 0 aliphatic rings. The Morgan fingerprint density at radius 1 is 1.27 bits per heavy atom. The van der Waals surface area contributed by atoms with E-state index in [1.807, 2.05) is 6.07 Å². The highest BCUT2D eigenvalue weighted by molar-refractivity contribution is 7.15. The highest BCUT2D eigenvalue weighted by atomic mass is 35.5. The number of benzene rings is 1. The molecule has 2 aromatic heterocycles. The first kappa shape index (κ1) is 18.2. The predicted molar refractivity (Wildman–Crippen MR) is 98.2 cm³/mol. The summed E-state index contributed by atoms with van der Waals surface area (Å²) in [6.07, 6.45) is 0. The van der Waals surface area contributed by atoms with Gasteiger partial charge < -0.3 is 4.74 Å². The molecular weight excluding hydrogens is 378 g/mol. The summed E-state index contributed by atoms with van der Waals surface area (Å²) in [6, 6.07) is 10.1. The molecule has 134 valence electrons. The number of ether oxygens (including phenoxy) is 1. The Balaban J connectivity index is 1.76. The van der Waals surface area contributed by atoms with Gasteiger partial charge in [0.1, 0.15) is 18.2 Å². The number of aromatic nitrogens is 4. The van der Waals surface area contributed by atoms with Gasteiger partial charge in [-0.25, -0.2) is 4.68 Å². The molecule has 1 N–H and O–H groups in total. The van der Waals surface area contributed by atoms with Gasteiger partial charge in [-0.1, -0.05) is 41.1 Å². The number of carbonyl (C=O) groups is 1. The van der Waals surface area contributed by atoms with Crippen LogP contribution in [0.15, 0.2) is 41.2 Å². The molecule has 3 rings (SSSR count). The second kappa shape index (κ2) is 8.17. The van der Waals surface area contributed by atoms with E-state index in [1.165, 1.54) is 17.4 Å². The average Bonchev–Trinajstić information content (AvgIpc) is 3.05. The summed E-state index contributed by atoms with van der Waals surface area (Å²) in [5.41, 5.74) is 0.784. The summed E-state index contributed by atoms with van der Waals surface area (Å²) in [5, 5.41) is 16.0. The van der Waals surface area contributed by atoms with Gasteiger partial charge in [-0.15, -0.1) is 10.2 Å². The van der Waals surface area contributed by atoms with Crippen LogP contribution in [-0.4, -0.2) is 33.0 Å². The number of carbonyl (C=O) groups excluding carboxylic acids is 1. The molecular formula is C16H14ClN5O3S. The van der Waals surface area contributed by atoms with Gasteiger partial charge in [0, 0.05) is 18.7 Å². The van der Waals surface area contributed by atoms with Crippen molar-refractivity contribution in [3.8, 4) is 11.3 Å². The fourth-order valence-electron chi connectivity index (χ4n) is 2.16. The lowest BCUT2D eigenvalue weighted by Gasteiger charge is -2.08. The maximum Gasteiger partial charge on any atom is 0.267 e. The first-order valence-corrected chi connectivity index (χ1v) is 8.70. The fraction of sp³-hybridized carbons (Fsp3) is 0.188. The molecule has 2 heterocycles. The van der Waals surface area contributed by atoms with Gasteiger partial charge in [0.05, 0.1) is 10.7 Å². The van der Waals surface area contributed by atoms with Crippen molar-refractivity contribution in [1.29, 1.82) is 0 Å². The second-order valence-corrected chi connectivity index (χ2v) is 6.65. The van der Waals surface area contributed by atoms with E-state index < -0.39 is 11.5 Å². The zero-order chi connectivity index (χ0) is 18.5. The van der Waals surface area contributed by atoms with Crippen LogP contribution in [-0.2, 0) is 22.7 Å². The molecule has 1 aromatic carbocycles. The Kier molecular flexibility index (Phi) is 5.71. The van der Waals surface area contributed by atoms with Crippen molar-refractivity contribution < 1.29 is 9.53 Å². The smallest absolute Gasteiger partial charge is 0.267 e. The third-order valence-corrected chi connectivity index (χ3v) is 4.43. The monoisotopic (exact) mass is 391 g/mol. The van der Waals surface area contributed by atoms with E-state index in [1.54, 1.807) is 31.4 Å². The summed E-state index contributed by atoms with van der Waals surface area (Å²) >= 11 is 7.36. The lowest BCUT2D eigenvalue weighted by molar-refractivity contribution is -0.117. The Bertz CT molecular complexity index is 988. The van der Waals surface area contributed by atoms with Crippen LogP contribution < -0.4 is 10.9 Å². The van der Waals surface area contributed by atoms with Crippen LogP contribution in [0.1, 0.15) is 5.01 Å². The second-order valence-electron chi connectivity index (χ2n) is 5.18. The van der Waals surface area contributed by atoms with Crippen LogP contribution >= 0.6 is 22.9 Å². The van der Waals surface area contributed by atoms with Gasteiger partial charge in [-0.3, -0.25) is 14.9 Å². The SMILES string of the molecule is COCc1nnc(NC(=O)Cn2nc(-c3ccccc3Cl)ccc2=O)s1. The number of halogens is 1. The number of anilines is 1. The van der Waals surface area contributed by atoms with Gasteiger partial charge in [-0.05, 0) is 12.1 Å². The lowest BCUT2D eigenvalue weighted by atomic mass is 10.1. The number of rotatable bonds is 6. The van der Waals surface area contributed by atoms with Gasteiger partial charge in [0.15, 0.2) is 0 Å². The largest absolute Gasteiger partial charge is 0.377 e. The number of nitrogens with one attached hydrogen (secondary N) is 1. The molecule has 0 aliphatic carbocycles. The molecule has 0 saturated carbocycles. The number of hydrogen-bond donors (Lipinski definition) is 1. The quantitative estimate of drug-likeness (QED) is 0.691. The van der Waals surface area contributed by atoms with Crippen molar-refractivity contribution in [2.45, 2.75) is 13.2 Å². The molecule has 0 spiro atoms. The van der Waals surface area contributed by atoms with E-state index in [4.69, 9.17) is 16.3 Å². The summed E-state index contributed by atoms with van der Waals surface area (Å²) in [5.74, 6) is -0.434. The van der Waals surface area contributed by atoms with Crippen LogP contribution in [0, 0.1) is 0 Å². The molecule has 0 bridgehead atoms. The Morgan fingerprint density at radius 2 is 2.08 bits per heavy atom. The molecule has 0 aliphatic heterocycles. The van der Waals surface area contributed by atoms with Crippen LogP contribution in [0.5, 0.6) is 0 Å². The minimum atomic E-state index is -0.434. The fourth-order valence-corrected chi connectivity index (χ4v) is 3.12. The van der Waals surface area contributed by atoms with Crippen molar-refractivity contribution >= 4 is 34.0 Å². The normalized spacial score (nSPS) is 10.7. The highest BCUT2D eigenvalue weighted by Crippen LogP contribution is 2.24. The summed E-state index contributed by atoms with van der Waals surface area (Å²) in [6.45, 7) is 0.0603. The Labute approximate surface area is 157 Å². The average molecular weight is 392 g/mol. The highest BCUT2D eigenvalue weighted by Gasteiger charge is 2.12. The molecule has 0 unspecified atom stereocenters. The van der Waals surface area contributed by atoms with Crippen molar-refractivity contribution in [2.24, 2.45) is 0 Å². The van der Waals surface area contributed by atoms with Crippen molar-refractivity contribution in [3.63, 3.8) is 0 Å². The van der Waals surface area contributed by atoms with Crippen molar-refractivity contribution in [1.82, 2.24) is 20.0 Å². The minimum Gasteiger partial charge on any atom is -0.377 e. The van der Waals surface area contributed by atoms with E-state index in [0.717, 1.165) is 4.68 Å². The maximum atomic E-state index is 12.2. The van der Waals surface area contributed by atoms with Crippen LogP contribution in [0.4, 0.5) is 5.13 Å². The molecule has 1 amide bonds. The van der Waals surface area contributed by atoms with E-state index in [2.05, 4.69) is 20.6 Å². The maximum absolute atomic E-state index is 12.2. The number of hydrogen-bond acceptors (Lipinski definition) is 7. The molecule has 26 heavy (non-hydrogen) atoms. The van der Waals surface area contributed by atoms with Crippen molar-refractivity contribution in [2.75, 3.05) is 12.4 Å². The zero-order valence-corrected chi connectivity index (χ0v) is 15.3. The van der Waals surface area contributed by atoms with Gasteiger partial charge in [-0.2, -0.15) is 5.10 Å². The van der Waals surface area contributed by atoms with Gasteiger partial charge in [0.2, 0.25) is 11.0 Å². The van der Waals surface area contributed by atoms with Crippen LogP contribution in [0.25, 0.3) is 11.3 Å². The summed E-state index contributed by atoms with van der Waals surface area (Å²) in [7, 11) is 1.55. The van der Waals surface area contributed by atoms with Crippen LogP contribution in [0.2, 0.25) is 5.02 Å². The zero-order valence-electron chi connectivity index (χ0n) is 13.7. The first-order chi connectivity index (χ1) is 12.6. The molecule has 3 aromatic rings. The van der Waals surface area contributed by atoms with Gasteiger partial charge >= 0.3 is 0 Å². The van der Waals surface area contributed by atoms with E-state index >= 15 is 0 Å². The molecule has 0 saturated heterocycles. The number of nitrogens with zero attached hydrogens (tertiary/aromatic N) is 4. The van der Waals surface area contributed by atoms with E-state index in [9.17, 15) is 9.59 Å². The summed E-state index contributed by atoms with van der Waals surface area (Å²) in [4.78, 5) is 24.2. The Hall–Kier alpha value is -2.62. The summed E-state index contributed by atoms with van der Waals surface area (Å²) < 4.78 is 6.03. The third kappa shape index (κ3) is 4.31. The third-order valence-electron chi connectivity index (χ3n) is 3.29. The molecule has 8 nitrogen and oxygen atoms in total. The van der Waals surface area contributed by atoms with Crippen molar-refractivity contribution in [3.05, 3.63) is 56.8 Å². The number of amides is 1.